The molecule has 0 aliphatic heterocycles. The Balaban J connectivity index is 4.53. The average Bonchev–Trinajstić information content (AvgIpc) is 2.09. The molecule has 82 valence electrons. The van der Waals surface area contributed by atoms with Crippen LogP contribution in [0.15, 0.2) is 17.0 Å². The Bertz CT molecular complexity index is 215. The minimum atomic E-state index is -4.28. The molecule has 0 atom stereocenters. The van der Waals surface area contributed by atoms with Crippen LogP contribution in [-0.2, 0) is 0 Å². The second-order valence-electron chi connectivity index (χ2n) is 2.41. The Morgan fingerprint density at radius 3 is 2.50 bits per heavy atom. The van der Waals surface area contributed by atoms with E-state index in [2.05, 4.69) is 15.3 Å². The van der Waals surface area contributed by atoms with Gasteiger partial charge in [0, 0.05) is 12.9 Å². The summed E-state index contributed by atoms with van der Waals surface area (Å²) in [4.78, 5) is 0. The monoisotopic (exact) mass is 321 g/mol. The van der Waals surface area contributed by atoms with Crippen LogP contribution in [0, 0.1) is 0 Å². The van der Waals surface area contributed by atoms with Crippen LogP contribution in [0.25, 0.3) is 0 Å². The number of nitrogens with zero attached hydrogens (tertiary/aromatic N) is 2. The molecule has 0 radical (unpaired) electrons. The topological polar surface area (TPSA) is 27.6 Å². The second kappa shape index (κ2) is 6.10. The van der Waals surface area contributed by atoms with E-state index in [1.54, 1.807) is 6.92 Å². The van der Waals surface area contributed by atoms with Crippen molar-refractivity contribution in [2.45, 2.75) is 19.5 Å². The third-order valence-corrected chi connectivity index (χ3v) is 1.73. The summed E-state index contributed by atoms with van der Waals surface area (Å²) in [5.41, 5.74) is 0.437. The molecule has 7 heteroatoms. The maximum absolute atomic E-state index is 12.1. The van der Waals surface area contributed by atoms with E-state index in [1.165, 1.54) is 6.20 Å². The van der Waals surface area contributed by atoms with Crippen molar-refractivity contribution < 1.29 is 13.2 Å². The van der Waals surface area contributed by atoms with Crippen LogP contribution in [-0.4, -0.2) is 24.4 Å². The van der Waals surface area contributed by atoms with Crippen molar-refractivity contribution in [1.29, 1.82) is 0 Å². The van der Waals surface area contributed by atoms with E-state index in [9.17, 15) is 13.2 Å². The molecule has 0 aromatic heterocycles. The van der Waals surface area contributed by atoms with Crippen molar-refractivity contribution in [3.63, 3.8) is 0 Å². The molecule has 0 aliphatic rings. The molecule has 1 N–H and O–H groups in total. The van der Waals surface area contributed by atoms with E-state index in [0.717, 1.165) is 5.01 Å². The molecule has 0 saturated carbocycles. The molecular weight excluding hydrogens is 310 g/mol. The van der Waals surface area contributed by atoms with E-state index in [-0.39, 0.29) is 0 Å². The quantitative estimate of drug-likeness (QED) is 0.365. The van der Waals surface area contributed by atoms with Crippen LogP contribution in [0.2, 0.25) is 0 Å². The van der Waals surface area contributed by atoms with Crippen LogP contribution < -0.4 is 3.53 Å². The lowest BCUT2D eigenvalue weighted by Crippen LogP contribution is -2.29. The molecule has 0 bridgehead atoms. The average molecular weight is 321 g/mol. The van der Waals surface area contributed by atoms with Gasteiger partial charge >= 0.3 is 6.18 Å². The zero-order valence-electron chi connectivity index (χ0n) is 7.60. The fraction of sp³-hybridized carbons (Fsp3) is 0.571. The number of alkyl halides is 3. The summed E-state index contributed by atoms with van der Waals surface area (Å²) < 4.78 is 38.8. The Labute approximate surface area is 94.5 Å². The number of nitrogens with one attached hydrogen (secondary N) is 1. The van der Waals surface area contributed by atoms with E-state index in [4.69, 9.17) is 0 Å². The maximum atomic E-state index is 12.1. The van der Waals surface area contributed by atoms with Gasteiger partial charge in [-0.15, -0.1) is 0 Å². The standard InChI is InChI=1S/C7H11F3IN3/c1-3-6(4-13-11)14(12-2)5-7(8,9)10/h4,13H,2-3,5H2,1H3/b6-4+. The molecule has 0 amide bonds. The summed E-state index contributed by atoms with van der Waals surface area (Å²) in [6, 6.07) is 0. The van der Waals surface area contributed by atoms with Gasteiger partial charge in [0.05, 0.1) is 28.6 Å². The van der Waals surface area contributed by atoms with Gasteiger partial charge in [0.1, 0.15) is 6.54 Å². The van der Waals surface area contributed by atoms with Gasteiger partial charge < -0.3 is 3.53 Å². The third-order valence-electron chi connectivity index (χ3n) is 1.41. The molecule has 14 heavy (non-hydrogen) atoms. The first-order valence-corrected chi connectivity index (χ1v) is 4.88. The Morgan fingerprint density at radius 2 is 2.21 bits per heavy atom. The Hall–Kier alpha value is -0.470. The minimum Gasteiger partial charge on any atom is -0.333 e. The highest BCUT2D eigenvalue weighted by atomic mass is 127. The summed E-state index contributed by atoms with van der Waals surface area (Å²) in [5.74, 6) is 0. The second-order valence-corrected chi connectivity index (χ2v) is 3.04. The molecule has 0 aromatic carbocycles. The van der Waals surface area contributed by atoms with Gasteiger partial charge in [0.2, 0.25) is 0 Å². The molecule has 0 heterocycles. The van der Waals surface area contributed by atoms with Crippen LogP contribution in [0.4, 0.5) is 13.2 Å². The first-order chi connectivity index (χ1) is 6.44. The van der Waals surface area contributed by atoms with Crippen molar-refractivity contribution in [3.05, 3.63) is 11.9 Å². The van der Waals surface area contributed by atoms with Crippen molar-refractivity contribution in [2.24, 2.45) is 5.10 Å². The highest BCUT2D eigenvalue weighted by Gasteiger charge is 2.31. The molecule has 0 unspecified atom stereocenters. The number of rotatable bonds is 5. The molecule has 0 spiro atoms. The number of halogens is 4. The normalized spacial score (nSPS) is 12.5. The summed E-state index contributed by atoms with van der Waals surface area (Å²) in [5, 5.41) is 4.14. The SMILES string of the molecule is C=NN(CC(F)(F)F)/C(=C/NI)CC. The molecule has 0 aliphatic carbocycles. The Kier molecular flexibility index (Phi) is 5.89. The van der Waals surface area contributed by atoms with Gasteiger partial charge in [-0.1, -0.05) is 6.92 Å². The largest absolute Gasteiger partial charge is 0.408 e. The molecule has 0 aromatic rings. The highest BCUT2D eigenvalue weighted by Crippen LogP contribution is 2.20. The van der Waals surface area contributed by atoms with Gasteiger partial charge in [0.25, 0.3) is 0 Å². The minimum absolute atomic E-state index is 0.437. The third kappa shape index (κ3) is 5.30. The zero-order chi connectivity index (χ0) is 11.2. The lowest BCUT2D eigenvalue weighted by Gasteiger charge is -2.21. The van der Waals surface area contributed by atoms with Crippen molar-refractivity contribution in [1.82, 2.24) is 8.54 Å². The fourth-order valence-corrected chi connectivity index (χ4v) is 1.19. The van der Waals surface area contributed by atoms with Gasteiger partial charge in [-0.2, -0.15) is 18.3 Å². The predicted octanol–water partition coefficient (Wildman–Crippen LogP) is 2.66. The smallest absolute Gasteiger partial charge is 0.333 e. The number of hydrogen-bond donors (Lipinski definition) is 1. The van der Waals surface area contributed by atoms with E-state index < -0.39 is 12.7 Å². The van der Waals surface area contributed by atoms with E-state index in [1.807, 2.05) is 22.9 Å². The maximum Gasteiger partial charge on any atom is 0.408 e. The van der Waals surface area contributed by atoms with Crippen molar-refractivity contribution in [2.75, 3.05) is 6.54 Å². The number of hydrazone groups is 1. The van der Waals surface area contributed by atoms with Crippen LogP contribution >= 0.6 is 22.9 Å². The van der Waals surface area contributed by atoms with E-state index in [0.29, 0.717) is 12.1 Å². The first-order valence-electron chi connectivity index (χ1n) is 3.80. The van der Waals surface area contributed by atoms with Gasteiger partial charge in [-0.3, -0.25) is 5.01 Å². The summed E-state index contributed by atoms with van der Waals surface area (Å²) in [6.45, 7) is 3.73. The fourth-order valence-electron chi connectivity index (χ4n) is 0.834. The first kappa shape index (κ1) is 13.5. The van der Waals surface area contributed by atoms with Crippen molar-refractivity contribution >= 4 is 29.6 Å². The van der Waals surface area contributed by atoms with E-state index >= 15 is 0 Å². The molecular formula is C7H11F3IN3. The molecule has 0 saturated heterocycles. The summed E-state index contributed by atoms with van der Waals surface area (Å²) in [6.07, 6.45) is -2.37. The van der Waals surface area contributed by atoms with Crippen LogP contribution in [0.3, 0.4) is 0 Å². The number of allylic oxidation sites excluding steroid dienone is 1. The molecule has 0 rings (SSSR count). The van der Waals surface area contributed by atoms with Gasteiger partial charge in [-0.25, -0.2) is 0 Å². The lowest BCUT2D eigenvalue weighted by molar-refractivity contribution is -0.142. The molecule has 0 fully saturated rings. The van der Waals surface area contributed by atoms with Gasteiger partial charge in [-0.05, 0) is 6.42 Å². The van der Waals surface area contributed by atoms with Crippen LogP contribution in [0.5, 0.6) is 0 Å². The number of hydrogen-bond acceptors (Lipinski definition) is 3. The predicted molar refractivity (Wildman–Crippen MR) is 57.8 cm³/mol. The highest BCUT2D eigenvalue weighted by molar-refractivity contribution is 14.1. The Morgan fingerprint density at radius 1 is 1.64 bits per heavy atom. The van der Waals surface area contributed by atoms with Crippen LogP contribution in [0.1, 0.15) is 13.3 Å². The zero-order valence-corrected chi connectivity index (χ0v) is 9.76. The van der Waals surface area contributed by atoms with Crippen molar-refractivity contribution in [3.8, 4) is 0 Å². The van der Waals surface area contributed by atoms with Gasteiger partial charge in [0.15, 0.2) is 0 Å². The molecule has 3 nitrogen and oxygen atoms in total. The summed E-state index contributed by atoms with van der Waals surface area (Å²) >= 11 is 1.82. The lowest BCUT2D eigenvalue weighted by atomic mass is 10.3. The summed E-state index contributed by atoms with van der Waals surface area (Å²) in [7, 11) is 0.